The van der Waals surface area contributed by atoms with E-state index in [1.54, 1.807) is 24.3 Å². The number of ether oxygens (including phenoxy) is 1. The Kier molecular flexibility index (Phi) is 6.78. The molecule has 0 aliphatic carbocycles. The van der Waals surface area contributed by atoms with Crippen LogP contribution in [0.5, 0.6) is 0 Å². The molecule has 0 aromatic heterocycles. The zero-order valence-corrected chi connectivity index (χ0v) is 9.74. The fourth-order valence-electron chi connectivity index (χ4n) is 1.17. The molecule has 0 heterocycles. The number of rotatable bonds is 7. The molecule has 0 bridgehead atoms. The summed E-state index contributed by atoms with van der Waals surface area (Å²) in [5.74, 6) is 0. The van der Waals surface area contributed by atoms with Crippen molar-refractivity contribution in [2.75, 3.05) is 31.6 Å². The van der Waals surface area contributed by atoms with Gasteiger partial charge in [0.15, 0.2) is 0 Å². The molecule has 1 aromatic carbocycles. The van der Waals surface area contributed by atoms with Gasteiger partial charge in [0.1, 0.15) is 0 Å². The van der Waals surface area contributed by atoms with Crippen molar-refractivity contribution in [1.29, 1.82) is 0 Å². The lowest BCUT2D eigenvalue weighted by Gasteiger charge is -2.07. The molecule has 1 aromatic rings. The van der Waals surface area contributed by atoms with Crippen LogP contribution in [0.1, 0.15) is 6.42 Å². The normalized spacial score (nSPS) is 9.94. The van der Waals surface area contributed by atoms with Crippen LogP contribution in [0.2, 0.25) is 0 Å². The summed E-state index contributed by atoms with van der Waals surface area (Å²) >= 11 is 0. The number of urea groups is 1. The van der Waals surface area contributed by atoms with Gasteiger partial charge in [-0.2, -0.15) is 0 Å². The zero-order valence-electron chi connectivity index (χ0n) is 9.74. The second kappa shape index (κ2) is 8.55. The molecule has 0 spiro atoms. The minimum atomic E-state index is -0.237. The predicted octanol–water partition coefficient (Wildman–Crippen LogP) is 0.974. The molecule has 0 unspecified atom stereocenters. The lowest BCUT2D eigenvalue weighted by molar-refractivity contribution is 0.136. The molecular formula is C12H18N3O2. The van der Waals surface area contributed by atoms with Gasteiger partial charge in [0.25, 0.3) is 0 Å². The van der Waals surface area contributed by atoms with E-state index in [1.165, 1.54) is 0 Å². The van der Waals surface area contributed by atoms with E-state index < -0.39 is 0 Å². The van der Waals surface area contributed by atoms with Crippen molar-refractivity contribution in [3.63, 3.8) is 0 Å². The molecule has 0 saturated heterocycles. The monoisotopic (exact) mass is 236 g/mol. The number of hydrogen-bond donors (Lipinski definition) is 3. The van der Waals surface area contributed by atoms with Gasteiger partial charge in [-0.15, -0.1) is 0 Å². The molecule has 0 fully saturated rings. The van der Waals surface area contributed by atoms with E-state index in [2.05, 4.69) is 16.7 Å². The van der Waals surface area contributed by atoms with E-state index in [0.29, 0.717) is 26.3 Å². The van der Waals surface area contributed by atoms with Crippen molar-refractivity contribution in [2.45, 2.75) is 6.42 Å². The van der Waals surface area contributed by atoms with E-state index >= 15 is 0 Å². The number of nitrogens with one attached hydrogen (secondary N) is 2. The molecule has 0 saturated carbocycles. The zero-order chi connectivity index (χ0) is 12.3. The maximum Gasteiger partial charge on any atom is 0.319 e. The first-order valence-corrected chi connectivity index (χ1v) is 5.61. The first kappa shape index (κ1) is 13.5. The maximum absolute atomic E-state index is 11.4. The van der Waals surface area contributed by atoms with Crippen LogP contribution >= 0.6 is 0 Å². The summed E-state index contributed by atoms with van der Waals surface area (Å²) in [6, 6.07) is 9.67. The van der Waals surface area contributed by atoms with Crippen molar-refractivity contribution >= 4 is 11.7 Å². The molecule has 17 heavy (non-hydrogen) atoms. The molecule has 1 radical (unpaired) electrons. The summed E-state index contributed by atoms with van der Waals surface area (Å²) in [4.78, 5) is 11.4. The van der Waals surface area contributed by atoms with Crippen LogP contribution in [0.15, 0.2) is 24.3 Å². The molecular weight excluding hydrogens is 218 g/mol. The summed E-state index contributed by atoms with van der Waals surface area (Å²) < 4.78 is 5.25. The molecule has 1 rings (SSSR count). The third kappa shape index (κ3) is 6.55. The highest BCUT2D eigenvalue weighted by molar-refractivity contribution is 5.89. The molecule has 5 heteroatoms. The highest BCUT2D eigenvalue weighted by Crippen LogP contribution is 2.03. The number of anilines is 1. The average molecular weight is 236 g/mol. The number of carbonyl (C=O) groups excluding carboxylic acids is 1. The lowest BCUT2D eigenvalue weighted by Crippen LogP contribution is -2.31. The molecule has 2 amide bonds. The van der Waals surface area contributed by atoms with Gasteiger partial charge in [0, 0.05) is 18.8 Å². The minimum absolute atomic E-state index is 0.237. The highest BCUT2D eigenvalue weighted by atomic mass is 16.5. The quantitative estimate of drug-likeness (QED) is 0.617. The molecule has 0 aliphatic rings. The largest absolute Gasteiger partial charge is 0.380 e. The summed E-state index contributed by atoms with van der Waals surface area (Å²) in [5.41, 5.74) is 6.06. The van der Waals surface area contributed by atoms with Crippen LogP contribution in [0.3, 0.4) is 0 Å². The van der Waals surface area contributed by atoms with Crippen molar-refractivity contribution in [3.05, 3.63) is 30.3 Å². The third-order valence-corrected chi connectivity index (χ3v) is 2.00. The number of nitrogens with two attached hydrogens (primary N) is 1. The highest BCUT2D eigenvalue weighted by Gasteiger charge is 1.99. The maximum atomic E-state index is 11.4. The first-order chi connectivity index (χ1) is 8.33. The standard InChI is InChI=1S/C12H18N3O2/c13-7-4-9-17-10-8-14-12(16)15-11-5-2-1-3-6-11/h2-3,5-6H,4,7-10,13H2,(H2,14,15,16). The smallest absolute Gasteiger partial charge is 0.319 e. The number of amides is 2. The van der Waals surface area contributed by atoms with Gasteiger partial charge in [-0.3, -0.25) is 0 Å². The van der Waals surface area contributed by atoms with E-state index in [0.717, 1.165) is 12.1 Å². The van der Waals surface area contributed by atoms with Gasteiger partial charge >= 0.3 is 6.03 Å². The number of hydrogen-bond acceptors (Lipinski definition) is 3. The predicted molar refractivity (Wildman–Crippen MR) is 66.8 cm³/mol. The third-order valence-electron chi connectivity index (χ3n) is 2.00. The van der Waals surface area contributed by atoms with Crippen LogP contribution in [0, 0.1) is 6.07 Å². The van der Waals surface area contributed by atoms with Gasteiger partial charge in [-0.05, 0) is 31.2 Å². The fourth-order valence-corrected chi connectivity index (χ4v) is 1.17. The lowest BCUT2D eigenvalue weighted by atomic mass is 10.3. The summed E-state index contributed by atoms with van der Waals surface area (Å²) in [6.45, 7) is 2.23. The second-order valence-electron chi connectivity index (χ2n) is 3.42. The van der Waals surface area contributed by atoms with Crippen LogP contribution < -0.4 is 16.4 Å². The van der Waals surface area contributed by atoms with Crippen LogP contribution in [0.25, 0.3) is 0 Å². The fraction of sp³-hybridized carbons (Fsp3) is 0.417. The van der Waals surface area contributed by atoms with Gasteiger partial charge in [0.05, 0.1) is 6.61 Å². The van der Waals surface area contributed by atoms with Gasteiger partial charge in [-0.25, -0.2) is 4.79 Å². The van der Waals surface area contributed by atoms with Crippen molar-refractivity contribution < 1.29 is 9.53 Å². The van der Waals surface area contributed by atoms with Gasteiger partial charge in [-0.1, -0.05) is 12.1 Å². The Morgan fingerprint density at radius 3 is 2.82 bits per heavy atom. The van der Waals surface area contributed by atoms with E-state index in [-0.39, 0.29) is 6.03 Å². The first-order valence-electron chi connectivity index (χ1n) is 5.61. The Labute approximate surface area is 101 Å². The van der Waals surface area contributed by atoms with Crippen molar-refractivity contribution in [1.82, 2.24) is 5.32 Å². The Hall–Kier alpha value is -1.59. The Morgan fingerprint density at radius 1 is 1.35 bits per heavy atom. The molecule has 5 nitrogen and oxygen atoms in total. The van der Waals surface area contributed by atoms with Crippen molar-refractivity contribution in [2.24, 2.45) is 5.73 Å². The summed E-state index contributed by atoms with van der Waals surface area (Å²) in [6.07, 6.45) is 0.840. The molecule has 0 atom stereocenters. The summed E-state index contributed by atoms with van der Waals surface area (Å²) in [7, 11) is 0. The van der Waals surface area contributed by atoms with Gasteiger partial charge < -0.3 is 21.1 Å². The Morgan fingerprint density at radius 2 is 2.12 bits per heavy atom. The minimum Gasteiger partial charge on any atom is -0.380 e. The van der Waals surface area contributed by atoms with Crippen molar-refractivity contribution in [3.8, 4) is 0 Å². The van der Waals surface area contributed by atoms with Crippen LogP contribution in [-0.2, 0) is 4.74 Å². The Bertz CT molecular complexity index is 317. The summed E-state index contributed by atoms with van der Waals surface area (Å²) in [5, 5.41) is 5.39. The van der Waals surface area contributed by atoms with Gasteiger partial charge in [0.2, 0.25) is 0 Å². The number of benzene rings is 1. The van der Waals surface area contributed by atoms with Crippen LogP contribution in [0.4, 0.5) is 10.5 Å². The SMILES string of the molecule is NCCCOCCNC(=O)Nc1cc[c]cc1. The number of carbonyl (C=O) groups is 1. The topological polar surface area (TPSA) is 76.4 Å². The average Bonchev–Trinajstić information content (AvgIpc) is 2.35. The van der Waals surface area contributed by atoms with E-state index in [4.69, 9.17) is 10.5 Å². The van der Waals surface area contributed by atoms with E-state index in [1.807, 2.05) is 0 Å². The molecule has 93 valence electrons. The molecule has 0 aliphatic heterocycles. The molecule has 4 N–H and O–H groups in total. The van der Waals surface area contributed by atoms with E-state index in [9.17, 15) is 4.79 Å². The van der Waals surface area contributed by atoms with Crippen LogP contribution in [-0.4, -0.2) is 32.3 Å². The Balaban J connectivity index is 2.06. The second-order valence-corrected chi connectivity index (χ2v) is 3.42.